The van der Waals surface area contributed by atoms with Crippen molar-refractivity contribution >= 4 is 23.5 Å². The van der Waals surface area contributed by atoms with Gasteiger partial charge < -0.3 is 0 Å². The lowest BCUT2D eigenvalue weighted by Gasteiger charge is -1.97. The van der Waals surface area contributed by atoms with Crippen molar-refractivity contribution in [1.82, 2.24) is 15.2 Å². The molecule has 1 heterocycles. The summed E-state index contributed by atoms with van der Waals surface area (Å²) >= 11 is 0. The van der Waals surface area contributed by atoms with Crippen LogP contribution in [0.15, 0.2) is 35.6 Å². The predicted octanol–water partition coefficient (Wildman–Crippen LogP) is 1.00. The van der Waals surface area contributed by atoms with Gasteiger partial charge in [0.15, 0.2) is 0 Å². The molecule has 1 amide bonds. The zero-order valence-corrected chi connectivity index (χ0v) is 11.7. The van der Waals surface area contributed by atoms with Gasteiger partial charge in [0.2, 0.25) is 5.69 Å². The minimum Gasteiger partial charge on any atom is -0.268 e. The maximum Gasteiger partial charge on any atom is 0.320 e. The second-order valence-electron chi connectivity index (χ2n) is 4.31. The number of hydrogen-bond acceptors (Lipinski definition) is 7. The fraction of sp³-hybridized carbons (Fsp3) is 0.0833. The zero-order valence-electron chi connectivity index (χ0n) is 11.7. The fourth-order valence-electron chi connectivity index (χ4n) is 1.75. The van der Waals surface area contributed by atoms with Gasteiger partial charge in [-0.05, 0) is 6.07 Å². The number of nitro benzene ring substituents is 1. The van der Waals surface area contributed by atoms with Crippen LogP contribution in [0.2, 0.25) is 0 Å². The first-order valence-corrected chi connectivity index (χ1v) is 6.15. The molecule has 0 radical (unpaired) electrons. The molecule has 1 aromatic carbocycles. The molecule has 0 aliphatic rings. The average Bonchev–Trinajstić information content (AvgIpc) is 2.90. The first kappa shape index (κ1) is 15.8. The van der Waals surface area contributed by atoms with E-state index in [1.165, 1.54) is 25.2 Å². The Bertz CT molecular complexity index is 812. The Balaban J connectivity index is 2.17. The van der Waals surface area contributed by atoms with Gasteiger partial charge in [0.05, 0.1) is 21.6 Å². The van der Waals surface area contributed by atoms with Crippen LogP contribution < -0.4 is 5.43 Å². The van der Waals surface area contributed by atoms with Gasteiger partial charge in [0.1, 0.15) is 6.20 Å². The summed E-state index contributed by atoms with van der Waals surface area (Å²) in [4.78, 5) is 32.2. The van der Waals surface area contributed by atoms with Crippen LogP contribution >= 0.6 is 0 Å². The summed E-state index contributed by atoms with van der Waals surface area (Å²) in [5.41, 5.74) is 1.17. The summed E-state index contributed by atoms with van der Waals surface area (Å²) in [5.74, 6) is -0.896. The largest absolute Gasteiger partial charge is 0.320 e. The number of carbonyl (C=O) groups excluding carboxylic acids is 1. The van der Waals surface area contributed by atoms with Gasteiger partial charge in [-0.1, -0.05) is 12.1 Å². The highest BCUT2D eigenvalue weighted by atomic mass is 16.6. The summed E-state index contributed by atoms with van der Waals surface area (Å²) in [6.07, 6.45) is 2.16. The number of aromatic nitrogens is 2. The number of amides is 1. The number of rotatable bonds is 5. The summed E-state index contributed by atoms with van der Waals surface area (Å²) in [6, 6.07) is 5.79. The molecule has 0 saturated carbocycles. The Labute approximate surface area is 128 Å². The van der Waals surface area contributed by atoms with Crippen LogP contribution in [0.1, 0.15) is 16.1 Å². The monoisotopic (exact) mass is 318 g/mol. The molecule has 1 N–H and O–H groups in total. The zero-order chi connectivity index (χ0) is 17.0. The molecule has 11 nitrogen and oxygen atoms in total. The van der Waals surface area contributed by atoms with E-state index >= 15 is 0 Å². The van der Waals surface area contributed by atoms with E-state index in [0.29, 0.717) is 0 Å². The van der Waals surface area contributed by atoms with Gasteiger partial charge in [-0.2, -0.15) is 10.2 Å². The Hall–Kier alpha value is -3.63. The molecule has 0 aliphatic carbocycles. The number of nitro groups is 2. The van der Waals surface area contributed by atoms with Gasteiger partial charge in [-0.3, -0.25) is 29.7 Å². The number of carbonyl (C=O) groups is 1. The van der Waals surface area contributed by atoms with E-state index < -0.39 is 27.1 Å². The van der Waals surface area contributed by atoms with E-state index in [2.05, 4.69) is 10.2 Å². The molecule has 2 rings (SSSR count). The Kier molecular flexibility index (Phi) is 4.40. The van der Waals surface area contributed by atoms with Crippen molar-refractivity contribution in [3.8, 4) is 0 Å². The highest BCUT2D eigenvalue weighted by molar-refractivity contribution is 5.96. The molecule has 0 fully saturated rings. The summed E-state index contributed by atoms with van der Waals surface area (Å²) in [7, 11) is 1.43. The standard InChI is InChI=1S/C12H10N6O5/c1-16-7-10(18(22)23)11(15-16)12(19)14-13-6-8-4-2-3-5-9(8)17(20)21/h2-7H,1H3,(H,14,19)/b13-6+. The molecular formula is C12H10N6O5. The molecule has 0 saturated heterocycles. The lowest BCUT2D eigenvalue weighted by atomic mass is 10.2. The molecule has 0 bridgehead atoms. The molecule has 118 valence electrons. The molecule has 23 heavy (non-hydrogen) atoms. The number of hydrogen-bond donors (Lipinski definition) is 1. The fourth-order valence-corrected chi connectivity index (χ4v) is 1.75. The third-order valence-corrected chi connectivity index (χ3v) is 2.72. The van der Waals surface area contributed by atoms with Crippen molar-refractivity contribution in [3.05, 3.63) is 61.9 Å². The first-order valence-electron chi connectivity index (χ1n) is 6.15. The Morgan fingerprint density at radius 1 is 1.26 bits per heavy atom. The van der Waals surface area contributed by atoms with Crippen molar-refractivity contribution < 1.29 is 14.6 Å². The van der Waals surface area contributed by atoms with E-state index in [9.17, 15) is 25.0 Å². The van der Waals surface area contributed by atoms with Gasteiger partial charge in [0.25, 0.3) is 11.6 Å². The Morgan fingerprint density at radius 2 is 1.91 bits per heavy atom. The average molecular weight is 318 g/mol. The van der Waals surface area contributed by atoms with Crippen LogP contribution in [0.25, 0.3) is 0 Å². The molecule has 0 spiro atoms. The molecule has 1 aromatic heterocycles. The normalized spacial score (nSPS) is 10.7. The number of nitrogens with zero attached hydrogens (tertiary/aromatic N) is 5. The summed E-state index contributed by atoms with van der Waals surface area (Å²) in [6.45, 7) is 0. The van der Waals surface area contributed by atoms with Crippen molar-refractivity contribution in [3.63, 3.8) is 0 Å². The number of hydrazone groups is 1. The third-order valence-electron chi connectivity index (χ3n) is 2.72. The predicted molar refractivity (Wildman–Crippen MR) is 78.0 cm³/mol. The lowest BCUT2D eigenvalue weighted by molar-refractivity contribution is -0.385. The SMILES string of the molecule is Cn1cc([N+](=O)[O-])c(C(=O)N/N=C/c2ccccc2[N+](=O)[O-])n1. The van der Waals surface area contributed by atoms with Gasteiger partial charge >= 0.3 is 5.69 Å². The third kappa shape index (κ3) is 3.53. The number of nitrogens with one attached hydrogen (secondary N) is 1. The second-order valence-corrected chi connectivity index (χ2v) is 4.31. The maximum atomic E-state index is 11.9. The van der Waals surface area contributed by atoms with Crippen LogP contribution in [0, 0.1) is 20.2 Å². The van der Waals surface area contributed by atoms with E-state index in [1.807, 2.05) is 5.43 Å². The lowest BCUT2D eigenvalue weighted by Crippen LogP contribution is -2.19. The van der Waals surface area contributed by atoms with E-state index in [4.69, 9.17) is 0 Å². The molecular weight excluding hydrogens is 308 g/mol. The smallest absolute Gasteiger partial charge is 0.268 e. The minimum absolute atomic E-state index is 0.174. The topological polar surface area (TPSA) is 146 Å². The quantitative estimate of drug-likeness (QED) is 0.494. The van der Waals surface area contributed by atoms with E-state index in [-0.39, 0.29) is 11.3 Å². The molecule has 2 aromatic rings. The van der Waals surface area contributed by atoms with Crippen molar-refractivity contribution in [1.29, 1.82) is 0 Å². The maximum absolute atomic E-state index is 11.9. The highest BCUT2D eigenvalue weighted by Gasteiger charge is 2.24. The number of para-hydroxylation sites is 1. The van der Waals surface area contributed by atoms with Crippen LogP contribution in [-0.2, 0) is 7.05 Å². The summed E-state index contributed by atoms with van der Waals surface area (Å²) < 4.78 is 1.12. The van der Waals surface area contributed by atoms with E-state index in [0.717, 1.165) is 17.1 Å². The van der Waals surface area contributed by atoms with Crippen LogP contribution in [0.5, 0.6) is 0 Å². The van der Waals surface area contributed by atoms with Gasteiger partial charge in [-0.15, -0.1) is 0 Å². The molecule has 0 aliphatic heterocycles. The second kappa shape index (κ2) is 6.43. The molecule has 11 heteroatoms. The van der Waals surface area contributed by atoms with Crippen molar-refractivity contribution in [2.45, 2.75) is 0 Å². The van der Waals surface area contributed by atoms with Crippen LogP contribution in [-0.4, -0.2) is 31.7 Å². The van der Waals surface area contributed by atoms with Gasteiger partial charge in [0, 0.05) is 13.1 Å². The highest BCUT2D eigenvalue weighted by Crippen LogP contribution is 2.16. The molecule has 0 atom stereocenters. The number of aryl methyl sites for hydroxylation is 1. The van der Waals surface area contributed by atoms with Crippen LogP contribution in [0.4, 0.5) is 11.4 Å². The van der Waals surface area contributed by atoms with Crippen molar-refractivity contribution in [2.75, 3.05) is 0 Å². The van der Waals surface area contributed by atoms with Crippen LogP contribution in [0.3, 0.4) is 0 Å². The minimum atomic E-state index is -0.896. The van der Waals surface area contributed by atoms with Crippen molar-refractivity contribution in [2.24, 2.45) is 12.1 Å². The first-order chi connectivity index (χ1) is 10.9. The Morgan fingerprint density at radius 3 is 2.57 bits per heavy atom. The number of benzene rings is 1. The van der Waals surface area contributed by atoms with E-state index in [1.54, 1.807) is 6.07 Å². The van der Waals surface area contributed by atoms with Gasteiger partial charge in [-0.25, -0.2) is 5.43 Å². The molecule has 0 unspecified atom stereocenters. The summed E-state index contributed by atoms with van der Waals surface area (Å²) in [5, 5.41) is 28.9.